The van der Waals surface area contributed by atoms with Crippen molar-refractivity contribution in [2.75, 3.05) is 26.7 Å². The minimum atomic E-state index is -0.440. The van der Waals surface area contributed by atoms with Crippen LogP contribution in [0, 0.1) is 6.92 Å². The molecule has 9 heteroatoms. The van der Waals surface area contributed by atoms with E-state index in [4.69, 9.17) is 9.37 Å². The first-order valence-corrected chi connectivity index (χ1v) is 10.9. The molecule has 1 atom stereocenters. The summed E-state index contributed by atoms with van der Waals surface area (Å²) < 4.78 is 10.6. The maximum absolute atomic E-state index is 13.4. The topological polar surface area (TPSA) is 101 Å². The number of carbonyl (C=O) groups excluding carboxylic acids is 2. The molecule has 2 amide bonds. The Hall–Kier alpha value is -3.72. The van der Waals surface area contributed by atoms with Crippen molar-refractivity contribution in [1.29, 1.82) is 0 Å². The third kappa shape index (κ3) is 5.20. The second-order valence-corrected chi connectivity index (χ2v) is 7.92. The van der Waals surface area contributed by atoms with Crippen LogP contribution in [0.3, 0.4) is 0 Å². The van der Waals surface area contributed by atoms with Gasteiger partial charge in [0.2, 0.25) is 5.91 Å². The van der Waals surface area contributed by atoms with Crippen molar-refractivity contribution in [1.82, 2.24) is 25.4 Å². The monoisotopic (exact) mass is 449 g/mol. The molecule has 1 unspecified atom stereocenters. The second-order valence-electron chi connectivity index (χ2n) is 7.92. The Balaban J connectivity index is 1.48. The minimum absolute atomic E-state index is 0.109. The van der Waals surface area contributed by atoms with Gasteiger partial charge in [-0.1, -0.05) is 52.8 Å². The minimum Gasteiger partial charge on any atom is -0.486 e. The molecule has 0 radical (unpaired) electrons. The van der Waals surface area contributed by atoms with Crippen LogP contribution >= 0.6 is 0 Å². The highest BCUT2D eigenvalue weighted by atomic mass is 16.6. The number of carbonyl (C=O) groups is 2. The first-order valence-electron chi connectivity index (χ1n) is 10.9. The van der Waals surface area contributed by atoms with Gasteiger partial charge in [-0.15, -0.1) is 0 Å². The van der Waals surface area contributed by atoms with E-state index in [0.717, 1.165) is 5.56 Å². The quantitative estimate of drug-likeness (QED) is 0.589. The molecule has 1 N–H and O–H groups in total. The molecule has 4 rings (SSSR count). The lowest BCUT2D eigenvalue weighted by Gasteiger charge is -2.40. The number of likely N-dealkylation sites (N-methyl/N-ethyl adjacent to an activating group) is 1. The first-order chi connectivity index (χ1) is 16.1. The van der Waals surface area contributed by atoms with Crippen LogP contribution in [0.1, 0.15) is 27.3 Å². The van der Waals surface area contributed by atoms with Gasteiger partial charge in [-0.05, 0) is 24.6 Å². The third-order valence-electron chi connectivity index (χ3n) is 5.78. The van der Waals surface area contributed by atoms with E-state index in [2.05, 4.69) is 20.5 Å². The highest BCUT2D eigenvalue weighted by Gasteiger charge is 2.34. The SMILES string of the molecule is CNC(=O)C1CN(C(=O)c2ccccc2OCc2nonc2C)CCN1Cc1ccccc1. The van der Waals surface area contributed by atoms with Gasteiger partial charge in [-0.3, -0.25) is 14.5 Å². The standard InChI is InChI=1S/C24H27N5O4/c1-17-20(27-33-26-17)16-32-22-11-7-6-10-19(22)24(31)29-13-12-28(21(15-29)23(30)25-2)14-18-8-4-3-5-9-18/h3-11,21H,12-16H2,1-2H3,(H,25,30). The molecule has 0 bridgehead atoms. The summed E-state index contributed by atoms with van der Waals surface area (Å²) in [5, 5.41) is 10.3. The molecular formula is C24H27N5O4. The average Bonchev–Trinajstić information content (AvgIpc) is 3.27. The van der Waals surface area contributed by atoms with Crippen molar-refractivity contribution < 1.29 is 19.0 Å². The van der Waals surface area contributed by atoms with Crippen LogP contribution < -0.4 is 10.1 Å². The lowest BCUT2D eigenvalue weighted by Crippen LogP contribution is -2.59. The van der Waals surface area contributed by atoms with Gasteiger partial charge in [0.15, 0.2) is 0 Å². The fourth-order valence-corrected chi connectivity index (χ4v) is 3.89. The molecule has 9 nitrogen and oxygen atoms in total. The summed E-state index contributed by atoms with van der Waals surface area (Å²) in [6.45, 7) is 3.97. The molecule has 2 heterocycles. The van der Waals surface area contributed by atoms with E-state index >= 15 is 0 Å². The summed E-state index contributed by atoms with van der Waals surface area (Å²) in [5.74, 6) is 0.170. The molecule has 0 spiro atoms. The predicted molar refractivity (Wildman–Crippen MR) is 120 cm³/mol. The molecule has 1 saturated heterocycles. The number of aromatic nitrogens is 2. The molecule has 1 aromatic heterocycles. The van der Waals surface area contributed by atoms with E-state index in [0.29, 0.717) is 48.9 Å². The third-order valence-corrected chi connectivity index (χ3v) is 5.78. The number of hydrogen-bond acceptors (Lipinski definition) is 7. The lowest BCUT2D eigenvalue weighted by atomic mass is 10.1. The first kappa shape index (κ1) is 22.5. The number of nitrogens with one attached hydrogen (secondary N) is 1. The zero-order chi connectivity index (χ0) is 23.2. The molecule has 3 aromatic rings. The van der Waals surface area contributed by atoms with Crippen molar-refractivity contribution >= 4 is 11.8 Å². The van der Waals surface area contributed by atoms with Crippen LogP contribution in [0.25, 0.3) is 0 Å². The number of aryl methyl sites for hydroxylation is 1. The zero-order valence-corrected chi connectivity index (χ0v) is 18.7. The fraction of sp³-hybridized carbons (Fsp3) is 0.333. The van der Waals surface area contributed by atoms with Crippen LogP contribution in [0.15, 0.2) is 59.2 Å². The number of hydrogen-bond donors (Lipinski definition) is 1. The number of para-hydroxylation sites is 1. The van der Waals surface area contributed by atoms with Crippen LogP contribution in [0.5, 0.6) is 5.75 Å². The molecule has 33 heavy (non-hydrogen) atoms. The summed E-state index contributed by atoms with van der Waals surface area (Å²) in [7, 11) is 1.62. The van der Waals surface area contributed by atoms with Crippen molar-refractivity contribution in [2.45, 2.75) is 26.1 Å². The Kier molecular flexibility index (Phi) is 6.99. The highest BCUT2D eigenvalue weighted by Crippen LogP contribution is 2.23. The Bertz CT molecular complexity index is 1100. The van der Waals surface area contributed by atoms with Crippen LogP contribution in [-0.4, -0.2) is 64.7 Å². The highest BCUT2D eigenvalue weighted by molar-refractivity contribution is 5.97. The number of piperazine rings is 1. The zero-order valence-electron chi connectivity index (χ0n) is 18.7. The van der Waals surface area contributed by atoms with Gasteiger partial charge in [0.1, 0.15) is 29.8 Å². The van der Waals surface area contributed by atoms with E-state index in [-0.39, 0.29) is 18.4 Å². The smallest absolute Gasteiger partial charge is 0.257 e. The summed E-state index contributed by atoms with van der Waals surface area (Å²) in [4.78, 5) is 29.9. The maximum Gasteiger partial charge on any atom is 0.257 e. The van der Waals surface area contributed by atoms with Crippen LogP contribution in [0.2, 0.25) is 0 Å². The fourth-order valence-electron chi connectivity index (χ4n) is 3.89. The van der Waals surface area contributed by atoms with Gasteiger partial charge in [0.25, 0.3) is 5.91 Å². The van der Waals surface area contributed by atoms with Gasteiger partial charge in [0, 0.05) is 33.2 Å². The van der Waals surface area contributed by atoms with Crippen molar-refractivity contribution in [3.05, 3.63) is 77.1 Å². The van der Waals surface area contributed by atoms with Gasteiger partial charge in [0.05, 0.1) is 5.56 Å². The predicted octanol–water partition coefficient (Wildman–Crippen LogP) is 2.03. The number of benzene rings is 2. The Labute approximate surface area is 192 Å². The van der Waals surface area contributed by atoms with Crippen LogP contribution in [0.4, 0.5) is 0 Å². The largest absolute Gasteiger partial charge is 0.486 e. The molecule has 1 aliphatic rings. The molecule has 0 saturated carbocycles. The number of rotatable bonds is 7. The van der Waals surface area contributed by atoms with Crippen molar-refractivity contribution in [2.24, 2.45) is 0 Å². The van der Waals surface area contributed by atoms with E-state index in [1.165, 1.54) is 0 Å². The van der Waals surface area contributed by atoms with Gasteiger partial charge in [-0.2, -0.15) is 0 Å². The second kappa shape index (κ2) is 10.3. The van der Waals surface area contributed by atoms with E-state index in [9.17, 15) is 9.59 Å². The number of ether oxygens (including phenoxy) is 1. The molecule has 0 aliphatic carbocycles. The molecule has 172 valence electrons. The molecular weight excluding hydrogens is 422 g/mol. The Morgan fingerprint density at radius 2 is 1.85 bits per heavy atom. The van der Waals surface area contributed by atoms with Crippen molar-refractivity contribution in [3.8, 4) is 5.75 Å². The molecule has 1 fully saturated rings. The summed E-state index contributed by atoms with van der Waals surface area (Å²) >= 11 is 0. The van der Waals surface area contributed by atoms with Gasteiger partial charge >= 0.3 is 0 Å². The Morgan fingerprint density at radius 1 is 1.09 bits per heavy atom. The number of amides is 2. The van der Waals surface area contributed by atoms with E-state index in [1.807, 2.05) is 36.4 Å². The molecule has 1 aliphatic heterocycles. The lowest BCUT2D eigenvalue weighted by molar-refractivity contribution is -0.128. The van der Waals surface area contributed by atoms with Crippen molar-refractivity contribution in [3.63, 3.8) is 0 Å². The summed E-state index contributed by atoms with van der Waals surface area (Å²) in [6, 6.07) is 16.7. The normalized spacial score (nSPS) is 16.4. The summed E-state index contributed by atoms with van der Waals surface area (Å²) in [6.07, 6.45) is 0. The van der Waals surface area contributed by atoms with Gasteiger partial charge < -0.3 is 15.0 Å². The van der Waals surface area contributed by atoms with E-state index in [1.54, 1.807) is 37.1 Å². The maximum atomic E-state index is 13.4. The Morgan fingerprint density at radius 3 is 2.58 bits per heavy atom. The average molecular weight is 450 g/mol. The summed E-state index contributed by atoms with van der Waals surface area (Å²) in [5.41, 5.74) is 2.79. The number of nitrogens with zero attached hydrogens (tertiary/aromatic N) is 4. The van der Waals surface area contributed by atoms with E-state index < -0.39 is 6.04 Å². The van der Waals surface area contributed by atoms with Gasteiger partial charge in [-0.25, -0.2) is 4.63 Å². The van der Waals surface area contributed by atoms with Crippen LogP contribution in [-0.2, 0) is 17.9 Å². The molecule has 2 aromatic carbocycles.